The van der Waals surface area contributed by atoms with Crippen LogP contribution < -0.4 is 5.32 Å². The minimum Gasteiger partial charge on any atom is -0.451 e. The predicted octanol–water partition coefficient (Wildman–Crippen LogP) is 1.63. The van der Waals surface area contributed by atoms with Crippen LogP contribution in [-0.2, 0) is 14.3 Å². The van der Waals surface area contributed by atoms with Crippen LogP contribution in [-0.4, -0.2) is 49.6 Å². The quantitative estimate of drug-likeness (QED) is 0.801. The van der Waals surface area contributed by atoms with E-state index in [4.69, 9.17) is 4.74 Å². The van der Waals surface area contributed by atoms with Crippen LogP contribution in [0.3, 0.4) is 0 Å². The summed E-state index contributed by atoms with van der Waals surface area (Å²) in [7, 11) is 3.93. The van der Waals surface area contributed by atoms with Crippen molar-refractivity contribution in [3.05, 3.63) is 11.1 Å². The van der Waals surface area contributed by atoms with E-state index in [2.05, 4.69) is 5.32 Å². The molecule has 2 aliphatic rings. The minimum absolute atomic E-state index is 0.137. The second-order valence-corrected chi connectivity index (χ2v) is 6.36. The first-order chi connectivity index (χ1) is 9.96. The summed E-state index contributed by atoms with van der Waals surface area (Å²) in [5.41, 5.74) is 0.396. The maximum Gasteiger partial charge on any atom is 0.335 e. The molecule has 1 amide bonds. The molecule has 0 aromatic heterocycles. The maximum absolute atomic E-state index is 12.5. The van der Waals surface area contributed by atoms with Crippen molar-refractivity contribution in [2.75, 3.05) is 27.2 Å². The smallest absolute Gasteiger partial charge is 0.335 e. The first-order valence-corrected chi connectivity index (χ1v) is 7.84. The average Bonchev–Trinajstić information content (AvgIpc) is 2.56. The van der Waals surface area contributed by atoms with Crippen molar-refractivity contribution >= 4 is 11.9 Å². The molecule has 0 aromatic carbocycles. The molecule has 0 saturated heterocycles. The average molecular weight is 294 g/mol. The minimum atomic E-state index is -0.667. The number of nitrogens with one attached hydrogen (secondary N) is 1. The summed E-state index contributed by atoms with van der Waals surface area (Å²) >= 11 is 0. The van der Waals surface area contributed by atoms with Gasteiger partial charge < -0.3 is 15.0 Å². The van der Waals surface area contributed by atoms with E-state index in [0.29, 0.717) is 17.7 Å². The third-order valence-electron chi connectivity index (χ3n) is 4.41. The molecule has 1 saturated carbocycles. The number of likely N-dealkylation sites (N-methyl/N-ethyl adjacent to an activating group) is 1. The van der Waals surface area contributed by atoms with E-state index in [1.807, 2.05) is 19.0 Å². The van der Waals surface area contributed by atoms with E-state index in [0.717, 1.165) is 45.1 Å². The number of carbonyl (C=O) groups excluding carboxylic acids is 2. The molecule has 1 spiro atoms. The lowest BCUT2D eigenvalue weighted by Gasteiger charge is -2.29. The normalized spacial score (nSPS) is 21.6. The number of hydrogen-bond donors (Lipinski definition) is 1. The largest absolute Gasteiger partial charge is 0.451 e. The van der Waals surface area contributed by atoms with Crippen molar-refractivity contribution in [1.82, 2.24) is 10.2 Å². The Morgan fingerprint density at radius 2 is 1.86 bits per heavy atom. The molecule has 2 rings (SSSR count). The van der Waals surface area contributed by atoms with Gasteiger partial charge in [-0.1, -0.05) is 12.8 Å². The highest BCUT2D eigenvalue weighted by Crippen LogP contribution is 2.42. The van der Waals surface area contributed by atoms with E-state index < -0.39 is 5.60 Å². The van der Waals surface area contributed by atoms with Gasteiger partial charge in [-0.2, -0.15) is 0 Å². The molecule has 1 heterocycles. The molecule has 118 valence electrons. The van der Waals surface area contributed by atoms with Gasteiger partial charge in [-0.05, 0) is 46.7 Å². The zero-order valence-electron chi connectivity index (χ0n) is 13.3. The first kappa shape index (κ1) is 16.0. The lowest BCUT2D eigenvalue weighted by atomic mass is 9.84. The Kier molecular flexibility index (Phi) is 5.04. The van der Waals surface area contributed by atoms with Crippen molar-refractivity contribution < 1.29 is 14.3 Å². The second kappa shape index (κ2) is 6.60. The number of rotatable bonds is 4. The Morgan fingerprint density at radius 3 is 2.43 bits per heavy atom. The molecular weight excluding hydrogens is 268 g/mol. The number of esters is 1. The van der Waals surface area contributed by atoms with Gasteiger partial charge in [0.25, 0.3) is 5.91 Å². The fourth-order valence-corrected chi connectivity index (χ4v) is 3.26. The van der Waals surface area contributed by atoms with Crippen LogP contribution in [0.5, 0.6) is 0 Å². The van der Waals surface area contributed by atoms with Crippen LogP contribution in [0.15, 0.2) is 11.1 Å². The highest BCUT2D eigenvalue weighted by atomic mass is 16.6. The van der Waals surface area contributed by atoms with Crippen LogP contribution in [0.25, 0.3) is 0 Å². The Balaban J connectivity index is 2.15. The lowest BCUT2D eigenvalue weighted by molar-refractivity contribution is -0.148. The van der Waals surface area contributed by atoms with E-state index in [-0.39, 0.29) is 11.9 Å². The molecule has 5 nitrogen and oxygen atoms in total. The fraction of sp³-hybridized carbons (Fsp3) is 0.750. The summed E-state index contributed by atoms with van der Waals surface area (Å²) in [6.45, 7) is 3.07. The van der Waals surface area contributed by atoms with Gasteiger partial charge in [0.05, 0.1) is 5.57 Å². The Hall–Kier alpha value is -1.36. The number of amides is 1. The SMILES string of the molecule is CC1=C(C(=O)NCCN(C)C)C2(CCCCCC2)OC1=O. The third kappa shape index (κ3) is 3.46. The van der Waals surface area contributed by atoms with Crippen LogP contribution in [0.4, 0.5) is 0 Å². The van der Waals surface area contributed by atoms with Gasteiger partial charge in [0, 0.05) is 18.7 Å². The Labute approximate surface area is 126 Å². The molecule has 0 unspecified atom stereocenters. The van der Waals surface area contributed by atoms with E-state index in [1.165, 1.54) is 0 Å². The molecule has 0 bridgehead atoms. The third-order valence-corrected chi connectivity index (χ3v) is 4.41. The van der Waals surface area contributed by atoms with Crippen molar-refractivity contribution in [3.8, 4) is 0 Å². The van der Waals surface area contributed by atoms with Crippen molar-refractivity contribution in [3.63, 3.8) is 0 Å². The zero-order valence-corrected chi connectivity index (χ0v) is 13.3. The Morgan fingerprint density at radius 1 is 1.24 bits per heavy atom. The number of hydrogen-bond acceptors (Lipinski definition) is 4. The second-order valence-electron chi connectivity index (χ2n) is 6.36. The molecule has 1 aliphatic carbocycles. The summed E-state index contributed by atoms with van der Waals surface area (Å²) in [5.74, 6) is -0.461. The highest BCUT2D eigenvalue weighted by Gasteiger charge is 2.48. The van der Waals surface area contributed by atoms with Gasteiger partial charge >= 0.3 is 5.97 Å². The van der Waals surface area contributed by atoms with Gasteiger partial charge in [-0.25, -0.2) is 4.79 Å². The van der Waals surface area contributed by atoms with Gasteiger partial charge in [0.15, 0.2) is 0 Å². The van der Waals surface area contributed by atoms with Gasteiger partial charge in [0.2, 0.25) is 0 Å². The summed E-state index contributed by atoms with van der Waals surface area (Å²) in [4.78, 5) is 26.6. The summed E-state index contributed by atoms with van der Waals surface area (Å²) in [5, 5.41) is 2.93. The molecular formula is C16H26N2O3. The maximum atomic E-state index is 12.5. The van der Waals surface area contributed by atoms with Crippen LogP contribution in [0.1, 0.15) is 45.4 Å². The molecule has 1 N–H and O–H groups in total. The number of carbonyl (C=O) groups is 2. The first-order valence-electron chi connectivity index (χ1n) is 7.84. The summed E-state index contributed by atoms with van der Waals surface area (Å²) in [6.07, 6.45) is 5.85. The van der Waals surface area contributed by atoms with E-state index in [9.17, 15) is 9.59 Å². The van der Waals surface area contributed by atoms with Crippen molar-refractivity contribution in [2.45, 2.75) is 51.0 Å². The van der Waals surface area contributed by atoms with Crippen LogP contribution >= 0.6 is 0 Å². The summed E-state index contributed by atoms with van der Waals surface area (Å²) < 4.78 is 5.66. The van der Waals surface area contributed by atoms with Crippen LogP contribution in [0, 0.1) is 0 Å². The Bertz CT molecular complexity index is 446. The van der Waals surface area contributed by atoms with Crippen molar-refractivity contribution in [1.29, 1.82) is 0 Å². The van der Waals surface area contributed by atoms with Gasteiger partial charge in [0.1, 0.15) is 5.60 Å². The highest BCUT2D eigenvalue weighted by molar-refractivity contribution is 6.07. The lowest BCUT2D eigenvalue weighted by Crippen LogP contribution is -2.41. The van der Waals surface area contributed by atoms with Crippen LogP contribution in [0.2, 0.25) is 0 Å². The van der Waals surface area contributed by atoms with Gasteiger partial charge in [-0.15, -0.1) is 0 Å². The number of nitrogens with zero attached hydrogens (tertiary/aromatic N) is 1. The standard InChI is InChI=1S/C16H26N2O3/c1-12-13(14(19)17-10-11-18(2)3)16(21-15(12)20)8-6-4-5-7-9-16/h4-11H2,1-3H3,(H,17,19). The molecule has 0 radical (unpaired) electrons. The molecule has 21 heavy (non-hydrogen) atoms. The van der Waals surface area contributed by atoms with Crippen molar-refractivity contribution in [2.24, 2.45) is 0 Å². The summed E-state index contributed by atoms with van der Waals surface area (Å²) in [6, 6.07) is 0. The molecule has 0 aromatic rings. The monoisotopic (exact) mass is 294 g/mol. The van der Waals surface area contributed by atoms with E-state index in [1.54, 1.807) is 6.92 Å². The van der Waals surface area contributed by atoms with E-state index >= 15 is 0 Å². The number of ether oxygens (including phenoxy) is 1. The molecule has 5 heteroatoms. The predicted molar refractivity (Wildman–Crippen MR) is 80.8 cm³/mol. The topological polar surface area (TPSA) is 58.6 Å². The molecule has 0 atom stereocenters. The zero-order chi connectivity index (χ0) is 15.5. The fourth-order valence-electron chi connectivity index (χ4n) is 3.26. The van der Waals surface area contributed by atoms with Gasteiger partial charge in [-0.3, -0.25) is 4.79 Å². The molecule has 1 aliphatic heterocycles. The molecule has 1 fully saturated rings.